The van der Waals surface area contributed by atoms with E-state index in [1.165, 1.54) is 0 Å². The number of allylic oxidation sites excluding steroid dienone is 1. The second kappa shape index (κ2) is 6.50. The first-order valence-electron chi connectivity index (χ1n) is 6.23. The molecule has 3 nitrogen and oxygen atoms in total. The summed E-state index contributed by atoms with van der Waals surface area (Å²) < 4.78 is 0. The number of aliphatic imine (C=N–C) groups is 1. The first kappa shape index (κ1) is 13.0. The SMILES string of the molecule is C/C=C\N=C(C)c1ccnc(Nc2ccccc2)c1. The van der Waals surface area contributed by atoms with Crippen LogP contribution in [0.1, 0.15) is 19.4 Å². The van der Waals surface area contributed by atoms with Crippen molar-refractivity contribution < 1.29 is 0 Å². The van der Waals surface area contributed by atoms with Crippen LogP contribution in [0.2, 0.25) is 0 Å². The Morgan fingerprint density at radius 1 is 1.21 bits per heavy atom. The smallest absolute Gasteiger partial charge is 0.130 e. The third-order valence-electron chi connectivity index (χ3n) is 2.64. The molecule has 0 atom stereocenters. The summed E-state index contributed by atoms with van der Waals surface area (Å²) in [6.45, 7) is 3.94. The minimum absolute atomic E-state index is 0.818. The van der Waals surface area contributed by atoms with Gasteiger partial charge >= 0.3 is 0 Å². The predicted molar refractivity (Wildman–Crippen MR) is 81.0 cm³/mol. The van der Waals surface area contributed by atoms with Crippen molar-refractivity contribution in [1.29, 1.82) is 0 Å². The predicted octanol–water partition coefficient (Wildman–Crippen LogP) is 4.17. The van der Waals surface area contributed by atoms with Crippen LogP contribution in [0.4, 0.5) is 11.5 Å². The number of nitrogens with zero attached hydrogens (tertiary/aromatic N) is 2. The molecule has 0 fully saturated rings. The molecule has 0 bridgehead atoms. The molecule has 0 saturated heterocycles. The Bertz CT molecular complexity index is 586. The summed E-state index contributed by atoms with van der Waals surface area (Å²) in [4.78, 5) is 8.65. The molecule has 96 valence electrons. The third kappa shape index (κ3) is 3.78. The molecule has 2 aromatic rings. The van der Waals surface area contributed by atoms with E-state index in [1.807, 2.05) is 62.4 Å². The molecule has 1 heterocycles. The van der Waals surface area contributed by atoms with Crippen molar-refractivity contribution in [2.75, 3.05) is 5.32 Å². The highest BCUT2D eigenvalue weighted by Crippen LogP contribution is 2.15. The summed E-state index contributed by atoms with van der Waals surface area (Å²) in [6, 6.07) is 13.9. The van der Waals surface area contributed by atoms with E-state index in [0.29, 0.717) is 0 Å². The van der Waals surface area contributed by atoms with Crippen LogP contribution in [0.25, 0.3) is 0 Å². The largest absolute Gasteiger partial charge is 0.340 e. The first-order valence-corrected chi connectivity index (χ1v) is 6.23. The fraction of sp³-hybridized carbons (Fsp3) is 0.125. The van der Waals surface area contributed by atoms with Crippen molar-refractivity contribution in [1.82, 2.24) is 4.98 Å². The summed E-state index contributed by atoms with van der Waals surface area (Å²) in [5, 5.41) is 3.27. The molecule has 1 N–H and O–H groups in total. The van der Waals surface area contributed by atoms with Crippen LogP contribution in [0, 0.1) is 0 Å². The van der Waals surface area contributed by atoms with Gasteiger partial charge in [0.15, 0.2) is 0 Å². The van der Waals surface area contributed by atoms with Gasteiger partial charge in [0, 0.05) is 29.4 Å². The zero-order chi connectivity index (χ0) is 13.5. The van der Waals surface area contributed by atoms with Crippen LogP contribution in [-0.2, 0) is 0 Å². The Kier molecular flexibility index (Phi) is 4.45. The Balaban J connectivity index is 2.20. The molecule has 0 aliphatic heterocycles. The lowest BCUT2D eigenvalue weighted by Crippen LogP contribution is -1.98. The Morgan fingerprint density at radius 3 is 2.74 bits per heavy atom. The highest BCUT2D eigenvalue weighted by Gasteiger charge is 2.00. The second-order valence-electron chi connectivity index (χ2n) is 4.12. The van der Waals surface area contributed by atoms with Crippen LogP contribution >= 0.6 is 0 Å². The normalized spacial score (nSPS) is 11.8. The second-order valence-corrected chi connectivity index (χ2v) is 4.12. The van der Waals surface area contributed by atoms with Crippen LogP contribution in [0.15, 0.2) is 65.9 Å². The molecule has 0 saturated carbocycles. The topological polar surface area (TPSA) is 37.3 Å². The van der Waals surface area contributed by atoms with E-state index in [0.717, 1.165) is 22.8 Å². The number of para-hydroxylation sites is 1. The van der Waals surface area contributed by atoms with Gasteiger partial charge in [-0.3, -0.25) is 4.99 Å². The fourth-order valence-corrected chi connectivity index (χ4v) is 1.65. The van der Waals surface area contributed by atoms with Gasteiger partial charge in [0.25, 0.3) is 0 Å². The average Bonchev–Trinajstić information content (AvgIpc) is 2.46. The highest BCUT2D eigenvalue weighted by molar-refractivity contribution is 5.99. The Labute approximate surface area is 113 Å². The van der Waals surface area contributed by atoms with Gasteiger partial charge in [-0.05, 0) is 38.1 Å². The Hall–Kier alpha value is -2.42. The molecule has 0 radical (unpaired) electrons. The number of hydrogen-bond donors (Lipinski definition) is 1. The summed E-state index contributed by atoms with van der Waals surface area (Å²) >= 11 is 0. The van der Waals surface area contributed by atoms with Gasteiger partial charge in [0.2, 0.25) is 0 Å². The van der Waals surface area contributed by atoms with Gasteiger partial charge in [-0.25, -0.2) is 4.98 Å². The van der Waals surface area contributed by atoms with E-state index in [9.17, 15) is 0 Å². The molecular formula is C16H17N3. The quantitative estimate of drug-likeness (QED) is 0.828. The minimum Gasteiger partial charge on any atom is -0.340 e. The van der Waals surface area contributed by atoms with Crippen molar-refractivity contribution in [3.05, 3.63) is 66.5 Å². The third-order valence-corrected chi connectivity index (χ3v) is 2.64. The van der Waals surface area contributed by atoms with E-state index in [4.69, 9.17) is 0 Å². The van der Waals surface area contributed by atoms with E-state index in [-0.39, 0.29) is 0 Å². The van der Waals surface area contributed by atoms with Gasteiger partial charge < -0.3 is 5.32 Å². The fourth-order valence-electron chi connectivity index (χ4n) is 1.65. The van der Waals surface area contributed by atoms with Gasteiger partial charge in [-0.15, -0.1) is 0 Å². The molecule has 0 aliphatic rings. The lowest BCUT2D eigenvalue weighted by molar-refractivity contribution is 1.30. The first-order chi connectivity index (χ1) is 9.29. The maximum absolute atomic E-state index is 4.34. The lowest BCUT2D eigenvalue weighted by Gasteiger charge is -2.07. The molecule has 0 amide bonds. The molecular weight excluding hydrogens is 234 g/mol. The molecule has 1 aromatic heterocycles. The molecule has 1 aromatic carbocycles. The maximum atomic E-state index is 4.34. The van der Waals surface area contributed by atoms with Crippen molar-refractivity contribution in [3.8, 4) is 0 Å². The Morgan fingerprint density at radius 2 is 2.00 bits per heavy atom. The monoisotopic (exact) mass is 251 g/mol. The minimum atomic E-state index is 0.818. The number of hydrogen-bond acceptors (Lipinski definition) is 3. The number of benzene rings is 1. The molecule has 19 heavy (non-hydrogen) atoms. The summed E-state index contributed by atoms with van der Waals surface area (Å²) in [5.41, 5.74) is 3.05. The summed E-state index contributed by atoms with van der Waals surface area (Å²) in [7, 11) is 0. The zero-order valence-electron chi connectivity index (χ0n) is 11.2. The molecule has 0 aliphatic carbocycles. The lowest BCUT2D eigenvalue weighted by atomic mass is 10.2. The number of aromatic nitrogens is 1. The van der Waals surface area contributed by atoms with Crippen molar-refractivity contribution in [2.24, 2.45) is 4.99 Å². The van der Waals surface area contributed by atoms with Crippen molar-refractivity contribution in [3.63, 3.8) is 0 Å². The summed E-state index contributed by atoms with van der Waals surface area (Å²) in [6.07, 6.45) is 5.49. The van der Waals surface area contributed by atoms with Crippen LogP contribution in [0.5, 0.6) is 0 Å². The summed E-state index contributed by atoms with van der Waals surface area (Å²) in [5.74, 6) is 0.818. The molecule has 2 rings (SSSR count). The average molecular weight is 251 g/mol. The van der Waals surface area contributed by atoms with E-state index < -0.39 is 0 Å². The van der Waals surface area contributed by atoms with Crippen LogP contribution in [-0.4, -0.2) is 10.7 Å². The van der Waals surface area contributed by atoms with Gasteiger partial charge in [-0.2, -0.15) is 0 Å². The molecule has 3 heteroatoms. The van der Waals surface area contributed by atoms with Crippen LogP contribution < -0.4 is 5.32 Å². The van der Waals surface area contributed by atoms with E-state index >= 15 is 0 Å². The number of pyridine rings is 1. The van der Waals surface area contributed by atoms with Crippen LogP contribution in [0.3, 0.4) is 0 Å². The maximum Gasteiger partial charge on any atom is 0.130 e. The standard InChI is InChI=1S/C16H17N3/c1-3-10-17-13(2)14-9-11-18-16(12-14)19-15-7-5-4-6-8-15/h3-12H,1-2H3,(H,18,19)/b10-3-,17-13?. The number of nitrogens with one attached hydrogen (secondary N) is 1. The van der Waals surface area contributed by atoms with Gasteiger partial charge in [0.05, 0.1) is 0 Å². The number of rotatable bonds is 4. The number of anilines is 2. The van der Waals surface area contributed by atoms with Gasteiger partial charge in [0.1, 0.15) is 5.82 Å². The van der Waals surface area contributed by atoms with Crippen molar-refractivity contribution >= 4 is 17.2 Å². The van der Waals surface area contributed by atoms with Crippen molar-refractivity contribution in [2.45, 2.75) is 13.8 Å². The van der Waals surface area contributed by atoms with Gasteiger partial charge in [-0.1, -0.05) is 24.3 Å². The van der Waals surface area contributed by atoms with E-state index in [2.05, 4.69) is 15.3 Å². The zero-order valence-corrected chi connectivity index (χ0v) is 11.2. The molecule has 0 unspecified atom stereocenters. The highest BCUT2D eigenvalue weighted by atomic mass is 15.0. The van der Waals surface area contributed by atoms with E-state index in [1.54, 1.807) is 12.4 Å². The molecule has 0 spiro atoms.